The zero-order valence-electron chi connectivity index (χ0n) is 11.8. The van der Waals surface area contributed by atoms with Gasteiger partial charge in [-0.25, -0.2) is 0 Å². The number of nitrogens with zero attached hydrogens (tertiary/aromatic N) is 2. The molecular weight excluding hydrogens is 272 g/mol. The number of amides is 2. The van der Waals surface area contributed by atoms with Crippen LogP contribution in [0.25, 0.3) is 0 Å². The van der Waals surface area contributed by atoms with E-state index in [4.69, 9.17) is 5.73 Å². The van der Waals surface area contributed by atoms with Crippen LogP contribution < -0.4 is 11.1 Å². The number of benzene rings is 1. The van der Waals surface area contributed by atoms with Crippen molar-refractivity contribution < 1.29 is 14.7 Å². The third kappa shape index (κ3) is 4.17. The largest absolute Gasteiger partial charge is 0.508 e. The third-order valence-electron chi connectivity index (χ3n) is 3.42. The topological polar surface area (TPSA) is 98.9 Å². The molecular formula is C14H20N4O3. The number of anilines is 1. The highest BCUT2D eigenvalue weighted by Gasteiger charge is 2.25. The first kappa shape index (κ1) is 15.3. The average Bonchev–Trinajstić information content (AvgIpc) is 2.50. The van der Waals surface area contributed by atoms with E-state index in [1.165, 1.54) is 12.1 Å². The van der Waals surface area contributed by atoms with Crippen LogP contribution in [0.3, 0.4) is 0 Å². The summed E-state index contributed by atoms with van der Waals surface area (Å²) in [6.07, 6.45) is 0. The fourth-order valence-electron chi connectivity index (χ4n) is 2.23. The molecule has 7 heteroatoms. The number of hydrogen-bond donors (Lipinski definition) is 3. The Morgan fingerprint density at radius 3 is 2.33 bits per heavy atom. The van der Waals surface area contributed by atoms with Crippen LogP contribution in [-0.4, -0.2) is 66.0 Å². The number of piperazine rings is 1. The Balaban J connectivity index is 1.85. The molecule has 1 aromatic carbocycles. The second-order valence-corrected chi connectivity index (χ2v) is 4.92. The number of nitrogens with one attached hydrogen (secondary N) is 1. The first-order chi connectivity index (χ1) is 10.1. The molecule has 7 nitrogen and oxygen atoms in total. The highest BCUT2D eigenvalue weighted by molar-refractivity contribution is 6.39. The first-order valence-corrected chi connectivity index (χ1v) is 6.92. The van der Waals surface area contributed by atoms with Crippen LogP contribution in [0.4, 0.5) is 5.69 Å². The van der Waals surface area contributed by atoms with Crippen LogP contribution in [0.15, 0.2) is 24.3 Å². The molecule has 1 fully saturated rings. The quantitative estimate of drug-likeness (QED) is 0.512. The average molecular weight is 292 g/mol. The van der Waals surface area contributed by atoms with E-state index in [2.05, 4.69) is 10.2 Å². The number of phenolic OH excluding ortho intramolecular Hbond substituents is 1. The number of carbonyl (C=O) groups excluding carboxylic acids is 2. The molecule has 0 radical (unpaired) electrons. The molecule has 0 unspecified atom stereocenters. The predicted octanol–water partition coefficient (Wildman–Crippen LogP) is -0.566. The molecule has 0 aliphatic carbocycles. The summed E-state index contributed by atoms with van der Waals surface area (Å²) in [6.45, 7) is 3.92. The highest BCUT2D eigenvalue weighted by Crippen LogP contribution is 2.14. The van der Waals surface area contributed by atoms with Crippen LogP contribution in [-0.2, 0) is 9.59 Å². The predicted molar refractivity (Wildman–Crippen MR) is 78.8 cm³/mol. The Hall–Kier alpha value is -2.12. The number of carbonyl (C=O) groups is 2. The molecule has 2 rings (SSSR count). The molecule has 0 atom stereocenters. The van der Waals surface area contributed by atoms with Crippen molar-refractivity contribution in [3.63, 3.8) is 0 Å². The summed E-state index contributed by atoms with van der Waals surface area (Å²) in [4.78, 5) is 27.7. The van der Waals surface area contributed by atoms with Crippen molar-refractivity contribution in [1.82, 2.24) is 9.80 Å². The van der Waals surface area contributed by atoms with Gasteiger partial charge in [0.2, 0.25) is 0 Å². The molecule has 0 spiro atoms. The van der Waals surface area contributed by atoms with E-state index in [1.54, 1.807) is 17.0 Å². The minimum atomic E-state index is -0.659. The molecule has 0 saturated carbocycles. The lowest BCUT2D eigenvalue weighted by atomic mass is 10.2. The fraction of sp³-hybridized carbons (Fsp3) is 0.429. The SMILES string of the molecule is NCCN1CCN(C(=O)C(=O)Nc2ccc(O)cc2)CC1. The summed E-state index contributed by atoms with van der Waals surface area (Å²) in [7, 11) is 0. The fourth-order valence-corrected chi connectivity index (χ4v) is 2.23. The number of nitrogens with two attached hydrogens (primary N) is 1. The zero-order valence-corrected chi connectivity index (χ0v) is 11.8. The summed E-state index contributed by atoms with van der Waals surface area (Å²) in [5.41, 5.74) is 5.97. The van der Waals surface area contributed by atoms with Crippen LogP contribution in [0, 0.1) is 0 Å². The van der Waals surface area contributed by atoms with Crippen molar-refractivity contribution in [1.29, 1.82) is 0 Å². The van der Waals surface area contributed by atoms with E-state index in [0.29, 0.717) is 25.3 Å². The Bertz CT molecular complexity index is 495. The Labute approximate surface area is 123 Å². The first-order valence-electron chi connectivity index (χ1n) is 6.92. The molecule has 1 aliphatic rings. The molecule has 1 heterocycles. The number of hydrogen-bond acceptors (Lipinski definition) is 5. The van der Waals surface area contributed by atoms with E-state index in [9.17, 15) is 14.7 Å². The van der Waals surface area contributed by atoms with Gasteiger partial charge in [-0.3, -0.25) is 14.5 Å². The van der Waals surface area contributed by atoms with E-state index in [-0.39, 0.29) is 5.75 Å². The highest BCUT2D eigenvalue weighted by atomic mass is 16.3. The van der Waals surface area contributed by atoms with E-state index < -0.39 is 11.8 Å². The van der Waals surface area contributed by atoms with Gasteiger partial charge in [-0.2, -0.15) is 0 Å². The summed E-state index contributed by atoms with van der Waals surface area (Å²) in [5, 5.41) is 11.7. The van der Waals surface area contributed by atoms with Crippen molar-refractivity contribution in [2.24, 2.45) is 5.73 Å². The zero-order chi connectivity index (χ0) is 15.2. The van der Waals surface area contributed by atoms with Gasteiger partial charge in [0.25, 0.3) is 0 Å². The molecule has 4 N–H and O–H groups in total. The number of aromatic hydroxyl groups is 1. The van der Waals surface area contributed by atoms with Gasteiger partial charge in [-0.15, -0.1) is 0 Å². The lowest BCUT2D eigenvalue weighted by molar-refractivity contribution is -0.144. The molecule has 2 amide bonds. The van der Waals surface area contributed by atoms with Gasteiger partial charge in [-0.1, -0.05) is 0 Å². The van der Waals surface area contributed by atoms with Gasteiger partial charge in [0.15, 0.2) is 0 Å². The Morgan fingerprint density at radius 2 is 1.76 bits per heavy atom. The molecule has 21 heavy (non-hydrogen) atoms. The molecule has 1 saturated heterocycles. The lowest BCUT2D eigenvalue weighted by Gasteiger charge is -2.34. The Kier molecular flexibility index (Phi) is 5.13. The van der Waals surface area contributed by atoms with Gasteiger partial charge < -0.3 is 21.1 Å². The third-order valence-corrected chi connectivity index (χ3v) is 3.42. The van der Waals surface area contributed by atoms with Crippen LogP contribution in [0.2, 0.25) is 0 Å². The van der Waals surface area contributed by atoms with E-state index in [1.807, 2.05) is 0 Å². The van der Waals surface area contributed by atoms with Gasteiger partial charge in [0.05, 0.1) is 0 Å². The van der Waals surface area contributed by atoms with Gasteiger partial charge in [0.1, 0.15) is 5.75 Å². The Morgan fingerprint density at radius 1 is 1.14 bits per heavy atom. The minimum absolute atomic E-state index is 0.107. The maximum Gasteiger partial charge on any atom is 0.313 e. The van der Waals surface area contributed by atoms with Gasteiger partial charge >= 0.3 is 11.8 Å². The van der Waals surface area contributed by atoms with Crippen molar-refractivity contribution in [2.75, 3.05) is 44.6 Å². The maximum absolute atomic E-state index is 12.1. The minimum Gasteiger partial charge on any atom is -0.508 e. The standard InChI is InChI=1S/C14H20N4O3/c15-5-6-17-7-9-18(10-8-17)14(21)13(20)16-11-1-3-12(19)4-2-11/h1-4,19H,5-10,15H2,(H,16,20). The van der Waals surface area contributed by atoms with E-state index in [0.717, 1.165) is 19.6 Å². The maximum atomic E-state index is 12.1. The number of rotatable bonds is 3. The molecule has 1 aromatic rings. The van der Waals surface area contributed by atoms with Gasteiger partial charge in [0, 0.05) is 45.0 Å². The number of phenols is 1. The summed E-state index contributed by atoms with van der Waals surface area (Å²) < 4.78 is 0. The smallest absolute Gasteiger partial charge is 0.313 e. The van der Waals surface area contributed by atoms with Crippen molar-refractivity contribution >= 4 is 17.5 Å². The molecule has 1 aliphatic heterocycles. The van der Waals surface area contributed by atoms with Crippen LogP contribution in [0.5, 0.6) is 5.75 Å². The van der Waals surface area contributed by atoms with Crippen LogP contribution >= 0.6 is 0 Å². The summed E-state index contributed by atoms with van der Waals surface area (Å²) in [5.74, 6) is -1.08. The molecule has 0 aromatic heterocycles. The van der Waals surface area contributed by atoms with Crippen molar-refractivity contribution in [2.45, 2.75) is 0 Å². The molecule has 0 bridgehead atoms. The van der Waals surface area contributed by atoms with Crippen LogP contribution in [0.1, 0.15) is 0 Å². The second kappa shape index (κ2) is 7.05. The van der Waals surface area contributed by atoms with E-state index >= 15 is 0 Å². The lowest BCUT2D eigenvalue weighted by Crippen LogP contribution is -2.52. The summed E-state index contributed by atoms with van der Waals surface area (Å²) in [6, 6.07) is 5.98. The van der Waals surface area contributed by atoms with Gasteiger partial charge in [-0.05, 0) is 24.3 Å². The molecule has 114 valence electrons. The summed E-state index contributed by atoms with van der Waals surface area (Å²) >= 11 is 0. The monoisotopic (exact) mass is 292 g/mol. The second-order valence-electron chi connectivity index (χ2n) is 4.92. The normalized spacial score (nSPS) is 15.8. The van der Waals surface area contributed by atoms with Crippen molar-refractivity contribution in [3.8, 4) is 5.75 Å². The van der Waals surface area contributed by atoms with Crippen molar-refractivity contribution in [3.05, 3.63) is 24.3 Å².